The van der Waals surface area contributed by atoms with Gasteiger partial charge in [0, 0.05) is 37.8 Å². The van der Waals surface area contributed by atoms with Crippen molar-refractivity contribution in [1.82, 2.24) is 10.2 Å². The lowest BCUT2D eigenvalue weighted by Crippen LogP contribution is -2.52. The number of ether oxygens (including phenoxy) is 1. The second-order valence-corrected chi connectivity index (χ2v) is 6.97. The highest BCUT2D eigenvalue weighted by Crippen LogP contribution is 2.19. The van der Waals surface area contributed by atoms with Crippen molar-refractivity contribution in [2.75, 3.05) is 44.4 Å². The Kier molecular flexibility index (Phi) is 10.3. The van der Waals surface area contributed by atoms with E-state index in [2.05, 4.69) is 24.1 Å². The lowest BCUT2D eigenvalue weighted by molar-refractivity contribution is -0.121. The van der Waals surface area contributed by atoms with Crippen molar-refractivity contribution in [3.8, 4) is 0 Å². The minimum absolute atomic E-state index is 0.0474. The van der Waals surface area contributed by atoms with Crippen LogP contribution in [0.1, 0.15) is 33.1 Å². The summed E-state index contributed by atoms with van der Waals surface area (Å²) in [6, 6.07) is 0.371. The van der Waals surface area contributed by atoms with Gasteiger partial charge in [0.05, 0.1) is 19.0 Å². The number of amides is 2. The lowest BCUT2D eigenvalue weighted by atomic mass is 9.92. The molecule has 0 saturated carbocycles. The molecule has 3 N–H and O–H groups in total. The van der Waals surface area contributed by atoms with E-state index in [1.807, 2.05) is 0 Å². The predicted molar refractivity (Wildman–Crippen MR) is 94.4 cm³/mol. The van der Waals surface area contributed by atoms with Crippen LogP contribution in [-0.2, 0) is 14.3 Å². The average molecular weight is 346 g/mol. The summed E-state index contributed by atoms with van der Waals surface area (Å²) in [5.41, 5.74) is 5.08. The van der Waals surface area contributed by atoms with Gasteiger partial charge < -0.3 is 15.8 Å². The number of thioether (sulfide) groups is 1. The van der Waals surface area contributed by atoms with Gasteiger partial charge in [-0.1, -0.05) is 26.7 Å². The third kappa shape index (κ3) is 8.04. The first-order chi connectivity index (χ1) is 11.1. The van der Waals surface area contributed by atoms with Crippen molar-refractivity contribution in [1.29, 1.82) is 0 Å². The smallest absolute Gasteiger partial charge is 0.227 e. The molecule has 0 aromatic heterocycles. The highest BCUT2D eigenvalue weighted by Gasteiger charge is 2.27. The Morgan fingerprint density at radius 1 is 1.26 bits per heavy atom. The Morgan fingerprint density at radius 3 is 2.48 bits per heavy atom. The molecular weight excluding hydrogens is 314 g/mol. The SMILES string of the molecule is CCC(CC)C(CNC(=O)CCSCC(N)=O)N1CCOCC1. The van der Waals surface area contributed by atoms with Crippen molar-refractivity contribution in [3.63, 3.8) is 0 Å². The van der Waals surface area contributed by atoms with Crippen molar-refractivity contribution < 1.29 is 14.3 Å². The maximum Gasteiger partial charge on any atom is 0.227 e. The summed E-state index contributed by atoms with van der Waals surface area (Å²) in [5, 5.41) is 3.07. The maximum absolute atomic E-state index is 12.0. The fourth-order valence-corrected chi connectivity index (χ4v) is 3.66. The summed E-state index contributed by atoms with van der Waals surface area (Å²) in [5.74, 6) is 1.19. The van der Waals surface area contributed by atoms with Gasteiger partial charge in [0.1, 0.15) is 0 Å². The molecule has 0 spiro atoms. The maximum atomic E-state index is 12.0. The molecule has 0 aromatic rings. The zero-order chi connectivity index (χ0) is 17.1. The molecule has 23 heavy (non-hydrogen) atoms. The predicted octanol–water partition coefficient (Wildman–Crippen LogP) is 0.848. The zero-order valence-corrected chi connectivity index (χ0v) is 15.2. The van der Waals surface area contributed by atoms with Crippen LogP contribution >= 0.6 is 11.8 Å². The van der Waals surface area contributed by atoms with Crippen LogP contribution in [0.4, 0.5) is 0 Å². The monoisotopic (exact) mass is 345 g/mol. The number of morpholine rings is 1. The van der Waals surface area contributed by atoms with Crippen LogP contribution < -0.4 is 11.1 Å². The molecule has 0 radical (unpaired) electrons. The molecule has 1 fully saturated rings. The second-order valence-electron chi connectivity index (χ2n) is 5.87. The number of nitrogens with two attached hydrogens (primary N) is 1. The van der Waals surface area contributed by atoms with Gasteiger partial charge in [-0.15, -0.1) is 0 Å². The first-order valence-electron chi connectivity index (χ1n) is 8.53. The molecule has 1 atom stereocenters. The third-order valence-electron chi connectivity index (χ3n) is 4.33. The van der Waals surface area contributed by atoms with Gasteiger partial charge in [0.15, 0.2) is 0 Å². The number of rotatable bonds is 11. The van der Waals surface area contributed by atoms with Crippen LogP contribution in [0.25, 0.3) is 0 Å². The molecule has 1 heterocycles. The van der Waals surface area contributed by atoms with Crippen LogP contribution in [0.2, 0.25) is 0 Å². The molecule has 2 amide bonds. The number of hydrogen-bond acceptors (Lipinski definition) is 5. The highest BCUT2D eigenvalue weighted by atomic mass is 32.2. The van der Waals surface area contributed by atoms with Crippen LogP contribution in [0, 0.1) is 5.92 Å². The van der Waals surface area contributed by atoms with E-state index in [0.29, 0.717) is 30.7 Å². The minimum Gasteiger partial charge on any atom is -0.379 e. The number of nitrogens with zero attached hydrogens (tertiary/aromatic N) is 1. The van der Waals surface area contributed by atoms with Crippen LogP contribution in [-0.4, -0.2) is 67.1 Å². The first kappa shape index (κ1) is 20.3. The summed E-state index contributed by atoms with van der Waals surface area (Å²) in [7, 11) is 0. The van der Waals surface area contributed by atoms with Gasteiger partial charge >= 0.3 is 0 Å². The number of nitrogens with one attached hydrogen (secondary N) is 1. The molecule has 1 rings (SSSR count). The highest BCUT2D eigenvalue weighted by molar-refractivity contribution is 7.99. The summed E-state index contributed by atoms with van der Waals surface area (Å²) in [6.07, 6.45) is 2.66. The molecule has 7 heteroatoms. The van der Waals surface area contributed by atoms with E-state index < -0.39 is 0 Å². The molecule has 1 saturated heterocycles. The molecule has 0 bridgehead atoms. The Labute approximate surface area is 143 Å². The molecule has 6 nitrogen and oxygen atoms in total. The topological polar surface area (TPSA) is 84.7 Å². The molecule has 1 unspecified atom stereocenters. The van der Waals surface area contributed by atoms with E-state index in [1.54, 1.807) is 0 Å². The molecular formula is C16H31N3O3S. The van der Waals surface area contributed by atoms with Gasteiger partial charge in [0.25, 0.3) is 0 Å². The Bertz CT molecular complexity index is 358. The van der Waals surface area contributed by atoms with Crippen LogP contribution in [0.5, 0.6) is 0 Å². The largest absolute Gasteiger partial charge is 0.379 e. The first-order valence-corrected chi connectivity index (χ1v) is 9.68. The zero-order valence-electron chi connectivity index (χ0n) is 14.4. The van der Waals surface area contributed by atoms with Crippen molar-refractivity contribution in [2.45, 2.75) is 39.2 Å². The van der Waals surface area contributed by atoms with E-state index in [-0.39, 0.29) is 17.6 Å². The number of primary amides is 1. The third-order valence-corrected chi connectivity index (χ3v) is 5.32. The van der Waals surface area contributed by atoms with E-state index in [4.69, 9.17) is 10.5 Å². The number of carbonyl (C=O) groups excluding carboxylic acids is 2. The van der Waals surface area contributed by atoms with E-state index in [0.717, 1.165) is 39.1 Å². The van der Waals surface area contributed by atoms with Crippen LogP contribution in [0.15, 0.2) is 0 Å². The van der Waals surface area contributed by atoms with Gasteiger partial charge in [-0.25, -0.2) is 0 Å². The summed E-state index contributed by atoms with van der Waals surface area (Å²) < 4.78 is 5.44. The standard InChI is InChI=1S/C16H31N3O3S/c1-3-13(4-2)14(19-6-8-22-9-7-19)11-18-16(21)5-10-23-12-15(17)20/h13-14H,3-12H2,1-2H3,(H2,17,20)(H,18,21). The minimum atomic E-state index is -0.337. The molecule has 0 aliphatic carbocycles. The van der Waals surface area contributed by atoms with Gasteiger partial charge in [-0.05, 0) is 5.92 Å². The lowest BCUT2D eigenvalue weighted by Gasteiger charge is -2.38. The molecule has 1 aliphatic heterocycles. The summed E-state index contributed by atoms with van der Waals surface area (Å²) in [4.78, 5) is 25.1. The second kappa shape index (κ2) is 11.7. The summed E-state index contributed by atoms with van der Waals surface area (Å²) in [6.45, 7) is 8.53. The summed E-state index contributed by atoms with van der Waals surface area (Å²) >= 11 is 1.40. The molecule has 0 aromatic carbocycles. The Balaban J connectivity index is 2.40. The number of carbonyl (C=O) groups is 2. The average Bonchev–Trinajstić information content (AvgIpc) is 2.56. The fourth-order valence-electron chi connectivity index (χ4n) is 2.98. The fraction of sp³-hybridized carbons (Fsp3) is 0.875. The van der Waals surface area contributed by atoms with Gasteiger partial charge in [-0.2, -0.15) is 11.8 Å². The van der Waals surface area contributed by atoms with Crippen molar-refractivity contribution >= 4 is 23.6 Å². The quantitative estimate of drug-likeness (QED) is 0.542. The van der Waals surface area contributed by atoms with Crippen LogP contribution in [0.3, 0.4) is 0 Å². The molecule has 134 valence electrons. The number of hydrogen-bond donors (Lipinski definition) is 2. The Hall–Kier alpha value is -0.790. The normalized spacial score (nSPS) is 17.2. The van der Waals surface area contributed by atoms with E-state index >= 15 is 0 Å². The van der Waals surface area contributed by atoms with Gasteiger partial charge in [0.2, 0.25) is 11.8 Å². The van der Waals surface area contributed by atoms with Crippen molar-refractivity contribution in [2.24, 2.45) is 11.7 Å². The molecule has 1 aliphatic rings. The van der Waals surface area contributed by atoms with E-state index in [9.17, 15) is 9.59 Å². The van der Waals surface area contributed by atoms with Crippen molar-refractivity contribution in [3.05, 3.63) is 0 Å². The van der Waals surface area contributed by atoms with Gasteiger partial charge in [-0.3, -0.25) is 14.5 Å². The van der Waals surface area contributed by atoms with E-state index in [1.165, 1.54) is 11.8 Å². The Morgan fingerprint density at radius 2 is 1.91 bits per heavy atom.